The molecule has 1 saturated heterocycles. The maximum absolute atomic E-state index is 5.39. The molecule has 1 aliphatic carbocycles. The Kier molecular flexibility index (Phi) is 3.52. The van der Waals surface area contributed by atoms with Crippen LogP contribution in [0.25, 0.3) is 27.5 Å². The van der Waals surface area contributed by atoms with Crippen LogP contribution >= 0.6 is 0 Å². The number of nitrogens with one attached hydrogen (secondary N) is 1. The predicted octanol–water partition coefficient (Wildman–Crippen LogP) is 2.94. The highest BCUT2D eigenvalue weighted by atomic mass is 16.5. The number of nitrogens with zero attached hydrogens (tertiary/aromatic N) is 5. The summed E-state index contributed by atoms with van der Waals surface area (Å²) >= 11 is 0. The van der Waals surface area contributed by atoms with Crippen molar-refractivity contribution in [2.45, 2.75) is 18.9 Å². The minimum atomic E-state index is 0.420. The normalized spacial score (nSPS) is 18.0. The second-order valence-corrected chi connectivity index (χ2v) is 8.00. The summed E-state index contributed by atoms with van der Waals surface area (Å²) in [5, 5.41) is 8.97. The standard InChI is InChI=1S/C21H20N6O2/c1-28-19-16-6-13(2-3-17(16)23-12-24-19)15-4-5-27-18(15)9-22-20(26-27)25-14-7-21(8-14)10-29-11-21/h2-6,9,12,14H,7-8,10-11H2,1H3,(H,25,26). The van der Waals surface area contributed by atoms with E-state index in [0.29, 0.717) is 23.3 Å². The molecule has 0 atom stereocenters. The van der Waals surface area contributed by atoms with Crippen molar-refractivity contribution in [3.8, 4) is 17.0 Å². The Morgan fingerprint density at radius 2 is 2.07 bits per heavy atom. The van der Waals surface area contributed by atoms with E-state index in [9.17, 15) is 0 Å². The highest BCUT2D eigenvalue weighted by Gasteiger charge is 2.49. The highest BCUT2D eigenvalue weighted by Crippen LogP contribution is 2.47. The first-order valence-electron chi connectivity index (χ1n) is 9.71. The smallest absolute Gasteiger partial charge is 0.241 e. The van der Waals surface area contributed by atoms with Gasteiger partial charge in [-0.1, -0.05) is 6.07 Å². The van der Waals surface area contributed by atoms with Crippen molar-refractivity contribution >= 4 is 22.4 Å². The Morgan fingerprint density at radius 3 is 2.86 bits per heavy atom. The molecule has 1 spiro atoms. The van der Waals surface area contributed by atoms with Crippen molar-refractivity contribution in [2.24, 2.45) is 5.41 Å². The van der Waals surface area contributed by atoms with E-state index < -0.39 is 0 Å². The van der Waals surface area contributed by atoms with Crippen LogP contribution in [0.3, 0.4) is 0 Å². The first-order valence-corrected chi connectivity index (χ1v) is 9.71. The number of aromatic nitrogens is 5. The van der Waals surface area contributed by atoms with Gasteiger partial charge in [0.15, 0.2) is 0 Å². The second-order valence-electron chi connectivity index (χ2n) is 8.00. The van der Waals surface area contributed by atoms with Crippen LogP contribution in [0.1, 0.15) is 12.8 Å². The molecule has 8 nitrogen and oxygen atoms in total. The molecule has 29 heavy (non-hydrogen) atoms. The lowest BCUT2D eigenvalue weighted by molar-refractivity contribution is -0.160. The van der Waals surface area contributed by atoms with Crippen LogP contribution in [0.15, 0.2) is 43.0 Å². The minimum Gasteiger partial charge on any atom is -0.480 e. The first-order chi connectivity index (χ1) is 14.2. The summed E-state index contributed by atoms with van der Waals surface area (Å²) in [6.07, 6.45) is 7.61. The number of hydrogen-bond acceptors (Lipinski definition) is 7. The number of benzene rings is 1. The molecule has 0 amide bonds. The van der Waals surface area contributed by atoms with Gasteiger partial charge in [0, 0.05) is 23.2 Å². The van der Waals surface area contributed by atoms with E-state index in [-0.39, 0.29) is 0 Å². The molecule has 4 heterocycles. The molecule has 1 N–H and O–H groups in total. The Morgan fingerprint density at radius 1 is 1.17 bits per heavy atom. The molecule has 4 aromatic rings. The third-order valence-electron chi connectivity index (χ3n) is 6.03. The molecule has 3 aromatic heterocycles. The Balaban J connectivity index is 1.31. The average Bonchev–Trinajstić information content (AvgIpc) is 3.11. The zero-order chi connectivity index (χ0) is 19.4. The molecule has 6 rings (SSSR count). The molecular weight excluding hydrogens is 368 g/mol. The van der Waals surface area contributed by atoms with Gasteiger partial charge in [0.25, 0.3) is 0 Å². The van der Waals surface area contributed by atoms with E-state index in [0.717, 1.165) is 53.6 Å². The van der Waals surface area contributed by atoms with Crippen LogP contribution in [0.2, 0.25) is 0 Å². The monoisotopic (exact) mass is 388 g/mol. The molecule has 1 saturated carbocycles. The fraction of sp³-hybridized carbons (Fsp3) is 0.333. The number of rotatable bonds is 4. The fourth-order valence-corrected chi connectivity index (χ4v) is 4.47. The third-order valence-corrected chi connectivity index (χ3v) is 6.03. The topological polar surface area (TPSA) is 86.5 Å². The van der Waals surface area contributed by atoms with Crippen molar-refractivity contribution in [1.82, 2.24) is 24.6 Å². The quantitative estimate of drug-likeness (QED) is 0.575. The molecule has 146 valence electrons. The summed E-state index contributed by atoms with van der Waals surface area (Å²) in [5.41, 5.74) is 4.32. The Hall–Kier alpha value is -3.26. The molecule has 0 unspecified atom stereocenters. The lowest BCUT2D eigenvalue weighted by atomic mass is 9.64. The van der Waals surface area contributed by atoms with Crippen LogP contribution in [0, 0.1) is 5.41 Å². The molecule has 1 aromatic carbocycles. The molecule has 0 bridgehead atoms. The van der Waals surface area contributed by atoms with E-state index >= 15 is 0 Å². The van der Waals surface area contributed by atoms with Crippen LogP contribution in [-0.4, -0.2) is 50.9 Å². The van der Waals surface area contributed by atoms with Gasteiger partial charge in [0.1, 0.15) is 6.33 Å². The van der Waals surface area contributed by atoms with Crippen LogP contribution in [-0.2, 0) is 4.74 Å². The number of methoxy groups -OCH3 is 1. The summed E-state index contributed by atoms with van der Waals surface area (Å²) in [7, 11) is 1.62. The van der Waals surface area contributed by atoms with E-state index in [1.165, 1.54) is 6.33 Å². The van der Waals surface area contributed by atoms with Gasteiger partial charge in [-0.25, -0.2) is 19.5 Å². The van der Waals surface area contributed by atoms with Crippen molar-refractivity contribution < 1.29 is 9.47 Å². The molecule has 2 aliphatic rings. The zero-order valence-corrected chi connectivity index (χ0v) is 16.0. The zero-order valence-electron chi connectivity index (χ0n) is 16.0. The maximum atomic E-state index is 5.39. The van der Waals surface area contributed by atoms with Crippen molar-refractivity contribution in [1.29, 1.82) is 0 Å². The van der Waals surface area contributed by atoms with Gasteiger partial charge in [-0.05, 0) is 36.6 Å². The van der Waals surface area contributed by atoms with Gasteiger partial charge in [-0.15, -0.1) is 5.10 Å². The van der Waals surface area contributed by atoms with Gasteiger partial charge in [-0.2, -0.15) is 0 Å². The summed E-state index contributed by atoms with van der Waals surface area (Å²) in [6, 6.07) is 8.55. The van der Waals surface area contributed by atoms with Crippen LogP contribution < -0.4 is 10.1 Å². The minimum absolute atomic E-state index is 0.420. The summed E-state index contributed by atoms with van der Waals surface area (Å²) in [5.74, 6) is 1.23. The highest BCUT2D eigenvalue weighted by molar-refractivity contribution is 5.91. The van der Waals surface area contributed by atoms with Crippen LogP contribution in [0.5, 0.6) is 5.88 Å². The number of anilines is 1. The molecule has 1 aliphatic heterocycles. The average molecular weight is 388 g/mol. The van der Waals surface area contributed by atoms with Crippen molar-refractivity contribution in [3.63, 3.8) is 0 Å². The summed E-state index contributed by atoms with van der Waals surface area (Å²) in [6.45, 7) is 1.79. The number of hydrogen-bond donors (Lipinski definition) is 1. The van der Waals surface area contributed by atoms with Crippen LogP contribution in [0.4, 0.5) is 5.95 Å². The molecule has 8 heteroatoms. The first kappa shape index (κ1) is 16.7. The van der Waals surface area contributed by atoms with Gasteiger partial charge in [0.2, 0.25) is 11.8 Å². The predicted molar refractivity (Wildman–Crippen MR) is 108 cm³/mol. The van der Waals surface area contributed by atoms with Gasteiger partial charge >= 0.3 is 0 Å². The third kappa shape index (κ3) is 2.63. The Bertz CT molecular complexity index is 1220. The SMILES string of the molecule is COc1ncnc2ccc(-c3ccn4nc(NC5CC6(COC6)C5)ncc34)cc12. The van der Waals surface area contributed by atoms with Crippen molar-refractivity contribution in [3.05, 3.63) is 43.0 Å². The maximum Gasteiger partial charge on any atom is 0.241 e. The summed E-state index contributed by atoms with van der Waals surface area (Å²) in [4.78, 5) is 13.1. The molecule has 0 radical (unpaired) electrons. The van der Waals surface area contributed by atoms with E-state index in [1.54, 1.807) is 7.11 Å². The Labute approximate surface area is 166 Å². The second kappa shape index (κ2) is 6.12. The van der Waals surface area contributed by atoms with E-state index in [4.69, 9.17) is 9.47 Å². The molecule has 2 fully saturated rings. The number of ether oxygens (including phenoxy) is 2. The van der Waals surface area contributed by atoms with Gasteiger partial charge < -0.3 is 14.8 Å². The fourth-order valence-electron chi connectivity index (χ4n) is 4.47. The largest absolute Gasteiger partial charge is 0.480 e. The van der Waals surface area contributed by atoms with Gasteiger partial charge in [0.05, 0.1) is 42.9 Å². The van der Waals surface area contributed by atoms with Crippen molar-refractivity contribution in [2.75, 3.05) is 25.6 Å². The van der Waals surface area contributed by atoms with E-state index in [1.807, 2.05) is 35.1 Å². The summed E-state index contributed by atoms with van der Waals surface area (Å²) < 4.78 is 12.6. The number of fused-ring (bicyclic) bond motifs is 2. The van der Waals surface area contributed by atoms with Gasteiger partial charge in [-0.3, -0.25) is 0 Å². The molecular formula is C21H20N6O2. The lowest BCUT2D eigenvalue weighted by Crippen LogP contribution is -2.56. The lowest BCUT2D eigenvalue weighted by Gasteiger charge is -2.53. The van der Waals surface area contributed by atoms with E-state index in [2.05, 4.69) is 31.4 Å².